The smallest absolute Gasteiger partial charge is 0.237 e. The Kier molecular flexibility index (Phi) is 4.23. The van der Waals surface area contributed by atoms with Crippen LogP contribution in [0.1, 0.15) is 38.2 Å². The Morgan fingerprint density at radius 2 is 2.07 bits per heavy atom. The van der Waals surface area contributed by atoms with Gasteiger partial charge >= 0.3 is 0 Å². The van der Waals surface area contributed by atoms with Gasteiger partial charge in [0.25, 0.3) is 0 Å². The lowest BCUT2D eigenvalue weighted by Crippen LogP contribution is -2.33. The van der Waals surface area contributed by atoms with Crippen LogP contribution in [0.4, 0.5) is 0 Å². The van der Waals surface area contributed by atoms with Crippen molar-refractivity contribution in [3.63, 3.8) is 0 Å². The van der Waals surface area contributed by atoms with Crippen LogP contribution in [0.3, 0.4) is 0 Å². The second-order valence-electron chi connectivity index (χ2n) is 8.40. The Balaban J connectivity index is 1.98. The minimum absolute atomic E-state index is 0.00228. The van der Waals surface area contributed by atoms with Gasteiger partial charge in [-0.05, 0) is 17.0 Å². The predicted octanol–water partition coefficient (Wildman–Crippen LogP) is 2.58. The van der Waals surface area contributed by atoms with Crippen molar-refractivity contribution in [1.29, 1.82) is 5.26 Å². The number of carbonyl (C=O) groups excluding carboxylic acids is 2. The summed E-state index contributed by atoms with van der Waals surface area (Å²) in [6.45, 7) is 4.01. The van der Waals surface area contributed by atoms with Crippen molar-refractivity contribution < 1.29 is 14.3 Å². The number of allylic oxidation sites excluding steroid dienone is 3. The zero-order chi connectivity index (χ0) is 20.9. The molecule has 2 heterocycles. The first-order valence-electron chi connectivity index (χ1n) is 9.42. The van der Waals surface area contributed by atoms with Crippen LogP contribution in [0.15, 0.2) is 53.3 Å². The molecule has 7 heteroatoms. The van der Waals surface area contributed by atoms with E-state index in [1.165, 1.54) is 0 Å². The predicted molar refractivity (Wildman–Crippen MR) is 107 cm³/mol. The first kappa shape index (κ1) is 18.8. The van der Waals surface area contributed by atoms with Gasteiger partial charge in [-0.15, -0.1) is 0 Å². The summed E-state index contributed by atoms with van der Waals surface area (Å²) in [6, 6.07) is 9.65. The van der Waals surface area contributed by atoms with Gasteiger partial charge in [0.15, 0.2) is 5.78 Å². The lowest BCUT2D eigenvalue weighted by atomic mass is 9.70. The van der Waals surface area contributed by atoms with Crippen molar-refractivity contribution in [2.45, 2.75) is 39.2 Å². The van der Waals surface area contributed by atoms with Gasteiger partial charge in [0.05, 0.1) is 5.92 Å². The maximum Gasteiger partial charge on any atom is 0.237 e. The number of hydrogen-bond acceptors (Lipinski definition) is 5. The monoisotopic (exact) mass is 390 g/mol. The molecule has 4 N–H and O–H groups in total. The van der Waals surface area contributed by atoms with E-state index in [1.54, 1.807) is 10.8 Å². The SMILES string of the molecule is CC1(C)CC(=O)C2=C(C1)OC(N)=C(C#N)C2c1cn(CC(N)=O)c2ccccc12. The highest BCUT2D eigenvalue weighted by Gasteiger charge is 2.43. The molecule has 2 aliphatic rings. The molecular formula is C22H22N4O3. The third-order valence-electron chi connectivity index (χ3n) is 5.53. The summed E-state index contributed by atoms with van der Waals surface area (Å²) >= 11 is 0. The Hall–Kier alpha value is -3.53. The fraction of sp³-hybridized carbons (Fsp3) is 0.318. The van der Waals surface area contributed by atoms with Crippen molar-refractivity contribution >= 4 is 22.6 Å². The van der Waals surface area contributed by atoms with Crippen LogP contribution in [-0.4, -0.2) is 16.3 Å². The minimum Gasteiger partial charge on any atom is -0.444 e. The lowest BCUT2D eigenvalue weighted by molar-refractivity contribution is -0.119. The zero-order valence-corrected chi connectivity index (χ0v) is 16.4. The van der Waals surface area contributed by atoms with Gasteiger partial charge in [-0.2, -0.15) is 5.26 Å². The molecule has 0 saturated heterocycles. The molecule has 4 rings (SSSR count). The van der Waals surface area contributed by atoms with Gasteiger partial charge in [0, 0.05) is 35.5 Å². The molecule has 0 saturated carbocycles. The Morgan fingerprint density at radius 1 is 1.34 bits per heavy atom. The largest absolute Gasteiger partial charge is 0.444 e. The van der Waals surface area contributed by atoms with Crippen LogP contribution in [0, 0.1) is 16.7 Å². The molecule has 29 heavy (non-hydrogen) atoms. The number of nitrogens with zero attached hydrogens (tertiary/aromatic N) is 2. The van der Waals surface area contributed by atoms with Crippen LogP contribution in [0.5, 0.6) is 0 Å². The Bertz CT molecular complexity index is 1160. The van der Waals surface area contributed by atoms with Crippen molar-refractivity contribution in [2.24, 2.45) is 16.9 Å². The second kappa shape index (κ2) is 6.52. The first-order chi connectivity index (χ1) is 13.7. The third kappa shape index (κ3) is 3.07. The van der Waals surface area contributed by atoms with E-state index in [9.17, 15) is 14.9 Å². The summed E-state index contributed by atoms with van der Waals surface area (Å²) in [5.41, 5.74) is 13.5. The highest BCUT2D eigenvalue weighted by molar-refractivity contribution is 6.01. The minimum atomic E-state index is -0.633. The van der Waals surface area contributed by atoms with Gasteiger partial charge in [-0.1, -0.05) is 32.0 Å². The molecule has 0 bridgehead atoms. The maximum atomic E-state index is 13.1. The van der Waals surface area contributed by atoms with E-state index in [0.29, 0.717) is 24.2 Å². The van der Waals surface area contributed by atoms with Crippen molar-refractivity contribution in [3.8, 4) is 6.07 Å². The van der Waals surface area contributed by atoms with Gasteiger partial charge < -0.3 is 20.8 Å². The molecule has 1 unspecified atom stereocenters. The standard InChI is InChI=1S/C22H22N4O3/c1-22(2)7-16(27)20-17(8-22)29-21(25)13(9-23)19(20)14-10-26(11-18(24)28)15-6-4-3-5-12(14)15/h3-6,10,19H,7-8,11,25H2,1-2H3,(H2,24,28). The quantitative estimate of drug-likeness (QED) is 0.833. The number of ketones is 1. The summed E-state index contributed by atoms with van der Waals surface area (Å²) in [6.07, 6.45) is 2.71. The summed E-state index contributed by atoms with van der Waals surface area (Å²) in [7, 11) is 0. The van der Waals surface area contributed by atoms with Crippen molar-refractivity contribution in [1.82, 2.24) is 4.57 Å². The number of benzene rings is 1. The summed E-state index contributed by atoms with van der Waals surface area (Å²) in [5.74, 6) is -0.609. The number of para-hydroxylation sites is 1. The summed E-state index contributed by atoms with van der Waals surface area (Å²) in [4.78, 5) is 24.7. The average Bonchev–Trinajstić information content (AvgIpc) is 2.97. The van der Waals surface area contributed by atoms with E-state index in [4.69, 9.17) is 16.2 Å². The van der Waals surface area contributed by atoms with Crippen molar-refractivity contribution in [3.05, 3.63) is 58.8 Å². The number of hydrogen-bond donors (Lipinski definition) is 2. The van der Waals surface area contributed by atoms with Gasteiger partial charge in [0.2, 0.25) is 11.8 Å². The fourth-order valence-corrected chi connectivity index (χ4v) is 4.40. The molecule has 1 aromatic heterocycles. The van der Waals surface area contributed by atoms with E-state index >= 15 is 0 Å². The van der Waals surface area contributed by atoms with Crippen LogP contribution >= 0.6 is 0 Å². The highest BCUT2D eigenvalue weighted by Crippen LogP contribution is 2.49. The van der Waals surface area contributed by atoms with E-state index in [0.717, 1.165) is 16.5 Å². The number of nitrogens with two attached hydrogens (primary N) is 2. The van der Waals surface area contributed by atoms with E-state index in [2.05, 4.69) is 6.07 Å². The molecule has 1 atom stereocenters. The van der Waals surface area contributed by atoms with Crippen LogP contribution in [0.25, 0.3) is 10.9 Å². The van der Waals surface area contributed by atoms with E-state index < -0.39 is 11.8 Å². The number of rotatable bonds is 3. The first-order valence-corrected chi connectivity index (χ1v) is 9.42. The Labute approximate surface area is 168 Å². The number of aromatic nitrogens is 1. The normalized spacial score (nSPS) is 21.0. The summed E-state index contributed by atoms with van der Waals surface area (Å²) in [5, 5.41) is 10.7. The molecule has 7 nitrogen and oxygen atoms in total. The number of fused-ring (bicyclic) bond motifs is 1. The third-order valence-corrected chi connectivity index (χ3v) is 5.53. The molecule has 1 aliphatic heterocycles. The number of nitriles is 1. The fourth-order valence-electron chi connectivity index (χ4n) is 4.40. The highest BCUT2D eigenvalue weighted by atomic mass is 16.5. The maximum absolute atomic E-state index is 13.1. The number of primary amides is 1. The second-order valence-corrected chi connectivity index (χ2v) is 8.40. The number of Topliss-reactive ketones (excluding diaryl/α,β-unsaturated/α-hetero) is 1. The van der Waals surface area contributed by atoms with E-state index in [-0.39, 0.29) is 29.2 Å². The van der Waals surface area contributed by atoms with Crippen LogP contribution in [0.2, 0.25) is 0 Å². The van der Waals surface area contributed by atoms with Gasteiger partial charge in [-0.3, -0.25) is 9.59 Å². The zero-order valence-electron chi connectivity index (χ0n) is 16.4. The van der Waals surface area contributed by atoms with Crippen LogP contribution < -0.4 is 11.5 Å². The van der Waals surface area contributed by atoms with E-state index in [1.807, 2.05) is 38.1 Å². The molecule has 0 fully saturated rings. The molecule has 148 valence electrons. The van der Waals surface area contributed by atoms with Crippen LogP contribution in [-0.2, 0) is 20.9 Å². The topological polar surface area (TPSA) is 124 Å². The Morgan fingerprint density at radius 3 is 2.76 bits per heavy atom. The van der Waals surface area contributed by atoms with Gasteiger partial charge in [-0.25, -0.2) is 0 Å². The number of amides is 1. The van der Waals surface area contributed by atoms with Crippen molar-refractivity contribution in [2.75, 3.05) is 0 Å². The molecule has 1 amide bonds. The molecule has 2 aromatic rings. The number of carbonyl (C=O) groups is 2. The molecule has 1 aromatic carbocycles. The summed E-state index contributed by atoms with van der Waals surface area (Å²) < 4.78 is 7.49. The van der Waals surface area contributed by atoms with Gasteiger partial charge in [0.1, 0.15) is 23.9 Å². The number of ether oxygens (including phenoxy) is 1. The molecule has 0 radical (unpaired) electrons. The lowest BCUT2D eigenvalue weighted by Gasteiger charge is -2.37. The average molecular weight is 390 g/mol. The molecular weight excluding hydrogens is 368 g/mol. The molecule has 1 aliphatic carbocycles. The molecule has 0 spiro atoms.